The van der Waals surface area contributed by atoms with Crippen molar-refractivity contribution >= 4 is 39.4 Å². The first-order chi connectivity index (χ1) is 17.4. The van der Waals surface area contributed by atoms with Crippen molar-refractivity contribution in [2.75, 3.05) is 7.11 Å². The normalized spacial score (nSPS) is 11.2. The Morgan fingerprint density at radius 3 is 2.75 bits per heavy atom. The molecule has 0 bridgehead atoms. The molecule has 182 valence electrons. The maximum absolute atomic E-state index is 14.1. The van der Waals surface area contributed by atoms with Crippen LogP contribution in [0, 0.1) is 5.82 Å². The molecule has 36 heavy (non-hydrogen) atoms. The molecule has 1 N–H and O–H groups in total. The fourth-order valence-corrected chi connectivity index (χ4v) is 4.44. The average molecular weight is 505 g/mol. The van der Waals surface area contributed by atoms with Gasteiger partial charge in [0.25, 0.3) is 5.56 Å². The number of hydrogen-bond donors (Lipinski definition) is 1. The summed E-state index contributed by atoms with van der Waals surface area (Å²) in [5.74, 6) is -0.0655. The lowest BCUT2D eigenvalue weighted by Gasteiger charge is -2.11. The van der Waals surface area contributed by atoms with E-state index in [0.717, 1.165) is 11.1 Å². The number of nitrogens with one attached hydrogen (secondary N) is 1. The van der Waals surface area contributed by atoms with Gasteiger partial charge in [0.1, 0.15) is 29.1 Å². The van der Waals surface area contributed by atoms with E-state index < -0.39 is 5.82 Å². The number of carbonyl (C=O) groups is 1. The van der Waals surface area contributed by atoms with E-state index in [-0.39, 0.29) is 36.6 Å². The first kappa shape index (κ1) is 23.6. The number of hydrogen-bond acceptors (Lipinski definition) is 4. The van der Waals surface area contributed by atoms with E-state index in [4.69, 9.17) is 16.3 Å². The summed E-state index contributed by atoms with van der Waals surface area (Å²) in [6.45, 7) is 0.360. The Bertz CT molecular complexity index is 1660. The zero-order chi connectivity index (χ0) is 25.2. The molecule has 2 heterocycles. The molecule has 9 heteroatoms. The summed E-state index contributed by atoms with van der Waals surface area (Å²) in [5.41, 5.74) is 2.38. The molecule has 3 aromatic carbocycles. The molecule has 0 unspecified atom stereocenters. The van der Waals surface area contributed by atoms with Gasteiger partial charge in [-0.3, -0.25) is 14.2 Å². The summed E-state index contributed by atoms with van der Waals surface area (Å²) in [6.07, 6.45) is 1.42. The topological polar surface area (TPSA) is 78.2 Å². The third-order valence-electron chi connectivity index (χ3n) is 6.01. The van der Waals surface area contributed by atoms with Crippen LogP contribution < -0.4 is 15.6 Å². The molecule has 7 nitrogen and oxygen atoms in total. The number of rotatable bonds is 7. The Kier molecular flexibility index (Phi) is 6.43. The predicted molar refractivity (Wildman–Crippen MR) is 137 cm³/mol. The molecule has 0 aliphatic rings. The maximum Gasteiger partial charge on any atom is 0.278 e. The number of aromatic nitrogens is 3. The van der Waals surface area contributed by atoms with E-state index in [2.05, 4.69) is 10.3 Å². The van der Waals surface area contributed by atoms with Gasteiger partial charge < -0.3 is 14.6 Å². The standard InChI is InChI=1S/C27H22ClFN4O3/c1-36-20-7-4-5-17(11-20)13-30-24(34)15-33-23-10-9-19(29)12-21(23)25-26(33)27(35)32(16-31-25)14-18-6-2-3-8-22(18)28/h2-12,16H,13-15H2,1H3,(H,30,34). The number of benzene rings is 3. The SMILES string of the molecule is COc1cccc(CNC(=O)Cn2c3ccc(F)cc3c3ncn(Cc4ccccc4Cl)c(=O)c32)c1. The van der Waals surface area contributed by atoms with Crippen LogP contribution in [0.5, 0.6) is 5.75 Å². The largest absolute Gasteiger partial charge is 0.497 e. The summed E-state index contributed by atoms with van der Waals surface area (Å²) in [7, 11) is 1.58. The molecule has 5 aromatic rings. The van der Waals surface area contributed by atoms with Crippen molar-refractivity contribution in [1.29, 1.82) is 0 Å². The quantitative estimate of drug-likeness (QED) is 0.353. The van der Waals surface area contributed by atoms with Crippen LogP contribution >= 0.6 is 11.6 Å². The maximum atomic E-state index is 14.1. The van der Waals surface area contributed by atoms with Gasteiger partial charge in [-0.2, -0.15) is 0 Å². The average Bonchev–Trinajstić information content (AvgIpc) is 3.18. The summed E-state index contributed by atoms with van der Waals surface area (Å²) in [6, 6.07) is 18.8. The first-order valence-corrected chi connectivity index (χ1v) is 11.6. The van der Waals surface area contributed by atoms with Crippen LogP contribution in [0.3, 0.4) is 0 Å². The smallest absolute Gasteiger partial charge is 0.278 e. The highest BCUT2D eigenvalue weighted by atomic mass is 35.5. The van der Waals surface area contributed by atoms with E-state index in [0.29, 0.717) is 27.2 Å². The number of halogens is 2. The van der Waals surface area contributed by atoms with Gasteiger partial charge in [0, 0.05) is 17.0 Å². The summed E-state index contributed by atoms with van der Waals surface area (Å²) < 4.78 is 22.3. The molecule has 0 saturated heterocycles. The van der Waals surface area contributed by atoms with Gasteiger partial charge in [0.05, 0.1) is 25.5 Å². The molecule has 0 aliphatic heterocycles. The zero-order valence-corrected chi connectivity index (χ0v) is 20.1. The Hall–Kier alpha value is -4.17. The minimum atomic E-state index is -0.453. The second-order valence-corrected chi connectivity index (χ2v) is 8.75. The third kappa shape index (κ3) is 4.55. The van der Waals surface area contributed by atoms with Crippen LogP contribution in [-0.4, -0.2) is 27.1 Å². The van der Waals surface area contributed by atoms with Gasteiger partial charge in [-0.1, -0.05) is 41.9 Å². The van der Waals surface area contributed by atoms with Crippen molar-refractivity contribution in [2.45, 2.75) is 19.6 Å². The lowest BCUT2D eigenvalue weighted by molar-refractivity contribution is -0.121. The van der Waals surface area contributed by atoms with Crippen LogP contribution in [0.1, 0.15) is 11.1 Å². The Morgan fingerprint density at radius 2 is 1.94 bits per heavy atom. The van der Waals surface area contributed by atoms with Crippen LogP contribution in [0.25, 0.3) is 21.9 Å². The molecule has 0 saturated carbocycles. The highest BCUT2D eigenvalue weighted by molar-refractivity contribution is 6.31. The molecule has 1 amide bonds. The number of carbonyl (C=O) groups excluding carboxylic acids is 1. The lowest BCUT2D eigenvalue weighted by atomic mass is 10.2. The summed E-state index contributed by atoms with van der Waals surface area (Å²) >= 11 is 6.29. The van der Waals surface area contributed by atoms with Crippen molar-refractivity contribution in [3.05, 3.63) is 105 Å². The van der Waals surface area contributed by atoms with E-state index >= 15 is 0 Å². The monoisotopic (exact) mass is 504 g/mol. The molecule has 0 atom stereocenters. The molecular weight excluding hydrogens is 483 g/mol. The van der Waals surface area contributed by atoms with Crippen LogP contribution in [0.2, 0.25) is 5.02 Å². The third-order valence-corrected chi connectivity index (χ3v) is 6.38. The minimum absolute atomic E-state index is 0.136. The van der Waals surface area contributed by atoms with Gasteiger partial charge in [-0.25, -0.2) is 9.37 Å². The van der Waals surface area contributed by atoms with E-state index in [1.54, 1.807) is 23.8 Å². The lowest BCUT2D eigenvalue weighted by Crippen LogP contribution is -2.29. The second kappa shape index (κ2) is 9.83. The van der Waals surface area contributed by atoms with Crippen molar-refractivity contribution < 1.29 is 13.9 Å². The fraction of sp³-hybridized carbons (Fsp3) is 0.148. The van der Waals surface area contributed by atoms with Gasteiger partial charge in [0.2, 0.25) is 5.91 Å². The number of nitrogens with zero attached hydrogens (tertiary/aromatic N) is 3. The molecule has 2 aromatic heterocycles. The van der Waals surface area contributed by atoms with Gasteiger partial charge in [-0.15, -0.1) is 0 Å². The molecule has 0 fully saturated rings. The van der Waals surface area contributed by atoms with Gasteiger partial charge >= 0.3 is 0 Å². The number of fused-ring (bicyclic) bond motifs is 3. The summed E-state index contributed by atoms with van der Waals surface area (Å²) in [4.78, 5) is 31.0. The van der Waals surface area contributed by atoms with E-state index in [1.807, 2.05) is 42.5 Å². The van der Waals surface area contributed by atoms with Crippen LogP contribution in [0.4, 0.5) is 4.39 Å². The van der Waals surface area contributed by atoms with Crippen LogP contribution in [-0.2, 0) is 24.4 Å². The molecule has 0 radical (unpaired) electrons. The highest BCUT2D eigenvalue weighted by Gasteiger charge is 2.19. The number of methoxy groups -OCH3 is 1. The predicted octanol–water partition coefficient (Wildman–Crippen LogP) is 4.52. The van der Waals surface area contributed by atoms with Crippen LogP contribution in [0.15, 0.2) is 77.9 Å². The molecule has 5 rings (SSSR count). The van der Waals surface area contributed by atoms with Crippen molar-refractivity contribution in [2.24, 2.45) is 0 Å². The van der Waals surface area contributed by atoms with E-state index in [1.165, 1.54) is 23.0 Å². The summed E-state index contributed by atoms with van der Waals surface area (Å²) in [5, 5.41) is 3.87. The van der Waals surface area contributed by atoms with Gasteiger partial charge in [0.15, 0.2) is 0 Å². The Labute approximate surface area is 210 Å². The van der Waals surface area contributed by atoms with Gasteiger partial charge in [-0.05, 0) is 47.5 Å². The highest BCUT2D eigenvalue weighted by Crippen LogP contribution is 2.26. The molecular formula is C27H22ClFN4O3. The van der Waals surface area contributed by atoms with Crippen molar-refractivity contribution in [1.82, 2.24) is 19.4 Å². The van der Waals surface area contributed by atoms with Crippen molar-refractivity contribution in [3.8, 4) is 5.75 Å². The Balaban J connectivity index is 1.52. The molecule has 0 aliphatic carbocycles. The number of ether oxygens (including phenoxy) is 1. The number of amides is 1. The first-order valence-electron chi connectivity index (χ1n) is 11.2. The van der Waals surface area contributed by atoms with Crippen molar-refractivity contribution in [3.63, 3.8) is 0 Å². The second-order valence-electron chi connectivity index (χ2n) is 8.34. The fourth-order valence-electron chi connectivity index (χ4n) is 4.24. The Morgan fingerprint density at radius 1 is 1.11 bits per heavy atom. The minimum Gasteiger partial charge on any atom is -0.497 e. The molecule has 0 spiro atoms. The zero-order valence-electron chi connectivity index (χ0n) is 19.4. The van der Waals surface area contributed by atoms with E-state index in [9.17, 15) is 14.0 Å².